The molecule has 0 aromatic heterocycles. The molecule has 4 nitrogen and oxygen atoms in total. The van der Waals surface area contributed by atoms with Gasteiger partial charge in [0.2, 0.25) is 10.0 Å². The van der Waals surface area contributed by atoms with Crippen LogP contribution in [-0.2, 0) is 16.6 Å². The number of halogens is 2. The van der Waals surface area contributed by atoms with Crippen molar-refractivity contribution in [2.75, 3.05) is 7.05 Å². The van der Waals surface area contributed by atoms with E-state index in [0.717, 1.165) is 4.31 Å². The third-order valence-electron chi connectivity index (χ3n) is 2.97. The number of aromatic hydroxyl groups is 1. The van der Waals surface area contributed by atoms with Gasteiger partial charge in [-0.25, -0.2) is 8.42 Å². The van der Waals surface area contributed by atoms with Crippen LogP contribution < -0.4 is 0 Å². The van der Waals surface area contributed by atoms with Crippen LogP contribution >= 0.6 is 27.5 Å². The summed E-state index contributed by atoms with van der Waals surface area (Å²) in [4.78, 5) is 0.0327. The summed E-state index contributed by atoms with van der Waals surface area (Å²) in [5, 5.41) is 9.88. The van der Waals surface area contributed by atoms with Crippen molar-refractivity contribution in [3.05, 3.63) is 57.5 Å². The summed E-state index contributed by atoms with van der Waals surface area (Å²) < 4.78 is 26.9. The van der Waals surface area contributed by atoms with E-state index in [1.54, 1.807) is 24.3 Å². The number of hydrogen-bond acceptors (Lipinski definition) is 3. The molecule has 0 aliphatic carbocycles. The molecule has 0 saturated heterocycles. The van der Waals surface area contributed by atoms with Crippen LogP contribution in [0.5, 0.6) is 5.75 Å². The summed E-state index contributed by atoms with van der Waals surface area (Å²) in [6.07, 6.45) is 0. The van der Waals surface area contributed by atoms with E-state index in [1.807, 2.05) is 0 Å². The van der Waals surface area contributed by atoms with Gasteiger partial charge in [-0.1, -0.05) is 45.7 Å². The smallest absolute Gasteiger partial charge is 0.244 e. The number of benzene rings is 2. The quantitative estimate of drug-likeness (QED) is 0.867. The van der Waals surface area contributed by atoms with Crippen molar-refractivity contribution >= 4 is 37.6 Å². The Kier molecular flexibility index (Phi) is 4.93. The molecule has 0 aliphatic heterocycles. The highest BCUT2D eigenvalue weighted by atomic mass is 79.9. The molecule has 1 N–H and O–H groups in total. The molecule has 2 aromatic carbocycles. The first-order valence-electron chi connectivity index (χ1n) is 6.00. The fraction of sp³-hybridized carbons (Fsp3) is 0.143. The van der Waals surface area contributed by atoms with Crippen molar-refractivity contribution in [2.45, 2.75) is 11.4 Å². The first-order chi connectivity index (χ1) is 9.82. The molecule has 2 aromatic rings. The predicted octanol–water partition coefficient (Wildman–Crippen LogP) is 3.63. The third kappa shape index (κ3) is 3.58. The second-order valence-electron chi connectivity index (χ2n) is 4.46. The maximum Gasteiger partial charge on any atom is 0.244 e. The average molecular weight is 391 g/mol. The Morgan fingerprint density at radius 1 is 1.24 bits per heavy atom. The maximum atomic E-state index is 12.5. The van der Waals surface area contributed by atoms with Crippen molar-refractivity contribution < 1.29 is 13.5 Å². The minimum Gasteiger partial charge on any atom is -0.508 e. The second-order valence-corrected chi connectivity index (χ2v) is 7.80. The first-order valence-corrected chi connectivity index (χ1v) is 8.62. The lowest BCUT2D eigenvalue weighted by Gasteiger charge is -2.18. The number of para-hydroxylation sites is 1. The van der Waals surface area contributed by atoms with Crippen LogP contribution in [0.25, 0.3) is 0 Å². The zero-order valence-electron chi connectivity index (χ0n) is 11.1. The van der Waals surface area contributed by atoms with Crippen LogP contribution in [0.1, 0.15) is 5.56 Å². The van der Waals surface area contributed by atoms with E-state index in [2.05, 4.69) is 15.9 Å². The number of phenolic OH excluding ortho intramolecular Hbond substituents is 1. The fourth-order valence-corrected chi connectivity index (χ4v) is 3.98. The Labute approximate surface area is 137 Å². The molecule has 0 amide bonds. The van der Waals surface area contributed by atoms with Crippen LogP contribution in [0.3, 0.4) is 0 Å². The minimum absolute atomic E-state index is 0.0327. The fourth-order valence-electron chi connectivity index (χ4n) is 1.82. The van der Waals surface area contributed by atoms with Crippen molar-refractivity contribution in [1.82, 2.24) is 4.31 Å². The van der Waals surface area contributed by atoms with Gasteiger partial charge in [-0.15, -0.1) is 0 Å². The van der Waals surface area contributed by atoms with Gasteiger partial charge in [-0.2, -0.15) is 4.31 Å². The van der Waals surface area contributed by atoms with E-state index in [1.165, 1.54) is 25.2 Å². The molecular weight excluding hydrogens is 378 g/mol. The van der Waals surface area contributed by atoms with E-state index < -0.39 is 10.0 Å². The van der Waals surface area contributed by atoms with E-state index in [0.29, 0.717) is 10.0 Å². The molecule has 0 spiro atoms. The Balaban J connectivity index is 2.33. The van der Waals surface area contributed by atoms with Gasteiger partial charge < -0.3 is 5.11 Å². The molecule has 0 bridgehead atoms. The van der Waals surface area contributed by atoms with Crippen molar-refractivity contribution in [3.63, 3.8) is 0 Å². The summed E-state index contributed by atoms with van der Waals surface area (Å²) >= 11 is 9.24. The first kappa shape index (κ1) is 16.3. The third-order valence-corrected chi connectivity index (χ3v) is 5.75. The lowest BCUT2D eigenvalue weighted by atomic mass is 10.2. The van der Waals surface area contributed by atoms with Crippen molar-refractivity contribution in [2.24, 2.45) is 0 Å². The minimum atomic E-state index is -3.73. The largest absolute Gasteiger partial charge is 0.508 e. The lowest BCUT2D eigenvalue weighted by Crippen LogP contribution is -2.26. The number of hydrogen-bond donors (Lipinski definition) is 1. The van der Waals surface area contributed by atoms with Gasteiger partial charge in [-0.3, -0.25) is 0 Å². The van der Waals surface area contributed by atoms with Gasteiger partial charge in [0, 0.05) is 23.6 Å². The number of sulfonamides is 1. The van der Waals surface area contributed by atoms with Crippen LogP contribution in [0.2, 0.25) is 5.02 Å². The summed E-state index contributed by atoms with van der Waals surface area (Å²) in [6, 6.07) is 11.2. The van der Waals surface area contributed by atoms with Gasteiger partial charge in [-0.05, 0) is 24.3 Å². The second kappa shape index (κ2) is 6.36. The zero-order valence-corrected chi connectivity index (χ0v) is 14.3. The monoisotopic (exact) mass is 389 g/mol. The Morgan fingerprint density at radius 3 is 2.52 bits per heavy atom. The molecular formula is C14H13BrClNO3S. The standard InChI is InChI=1S/C14H13BrClNO3S/c1-17(9-10-4-2-3-5-13(10)18)21(19,20)14-7-6-11(15)8-12(14)16/h2-8,18H,9H2,1H3. The van der Waals surface area contributed by atoms with Crippen LogP contribution in [0, 0.1) is 0 Å². The van der Waals surface area contributed by atoms with Gasteiger partial charge in [0.1, 0.15) is 10.6 Å². The highest BCUT2D eigenvalue weighted by Crippen LogP contribution is 2.28. The van der Waals surface area contributed by atoms with E-state index in [9.17, 15) is 13.5 Å². The van der Waals surface area contributed by atoms with Crippen molar-refractivity contribution in [1.29, 1.82) is 0 Å². The molecule has 21 heavy (non-hydrogen) atoms. The number of nitrogens with zero attached hydrogens (tertiary/aromatic N) is 1. The molecule has 0 atom stereocenters. The predicted molar refractivity (Wildman–Crippen MR) is 85.9 cm³/mol. The molecule has 0 saturated carbocycles. The van der Waals surface area contributed by atoms with Gasteiger partial charge >= 0.3 is 0 Å². The molecule has 112 valence electrons. The number of phenols is 1. The summed E-state index contributed by atoms with van der Waals surface area (Å²) in [6.45, 7) is 0.0569. The normalized spacial score (nSPS) is 11.8. The number of rotatable bonds is 4. The van der Waals surface area contributed by atoms with E-state index in [4.69, 9.17) is 11.6 Å². The molecule has 0 aliphatic rings. The van der Waals surface area contributed by atoms with Crippen LogP contribution in [0.4, 0.5) is 0 Å². The Bertz CT molecular complexity index is 765. The average Bonchev–Trinajstić information content (AvgIpc) is 2.40. The Hall–Kier alpha value is -1.08. The SMILES string of the molecule is CN(Cc1ccccc1O)S(=O)(=O)c1ccc(Br)cc1Cl. The molecule has 0 unspecified atom stereocenters. The Morgan fingerprint density at radius 2 is 1.90 bits per heavy atom. The van der Waals surface area contributed by atoms with Gasteiger partial charge in [0.25, 0.3) is 0 Å². The molecule has 7 heteroatoms. The lowest BCUT2D eigenvalue weighted by molar-refractivity contribution is 0.436. The zero-order chi connectivity index (χ0) is 15.6. The van der Waals surface area contributed by atoms with E-state index >= 15 is 0 Å². The molecule has 2 rings (SSSR count). The summed E-state index contributed by atoms with van der Waals surface area (Å²) in [5.74, 6) is 0.0569. The van der Waals surface area contributed by atoms with Crippen LogP contribution in [0.15, 0.2) is 51.8 Å². The highest BCUT2D eigenvalue weighted by molar-refractivity contribution is 9.10. The van der Waals surface area contributed by atoms with Crippen LogP contribution in [-0.4, -0.2) is 24.9 Å². The highest BCUT2D eigenvalue weighted by Gasteiger charge is 2.24. The molecule has 0 heterocycles. The topological polar surface area (TPSA) is 57.6 Å². The van der Waals surface area contributed by atoms with Gasteiger partial charge in [0.05, 0.1) is 5.02 Å². The summed E-state index contributed by atoms with van der Waals surface area (Å²) in [5.41, 5.74) is 0.525. The molecule has 0 radical (unpaired) electrons. The van der Waals surface area contributed by atoms with Gasteiger partial charge in [0.15, 0.2) is 0 Å². The van der Waals surface area contributed by atoms with E-state index in [-0.39, 0.29) is 22.2 Å². The van der Waals surface area contributed by atoms with Crippen molar-refractivity contribution in [3.8, 4) is 5.75 Å². The molecule has 0 fully saturated rings. The summed E-state index contributed by atoms with van der Waals surface area (Å²) in [7, 11) is -2.29. The maximum absolute atomic E-state index is 12.5.